The summed E-state index contributed by atoms with van der Waals surface area (Å²) in [6.45, 7) is 9.30. The van der Waals surface area contributed by atoms with Gasteiger partial charge < -0.3 is 9.22 Å². The van der Waals surface area contributed by atoms with E-state index >= 15 is 0 Å². The number of ether oxygens (including phenoxy) is 1. The summed E-state index contributed by atoms with van der Waals surface area (Å²) in [5.74, 6) is 0. The smallest absolute Gasteiger partial charge is 0.104 e. The van der Waals surface area contributed by atoms with Gasteiger partial charge in [-0.2, -0.15) is 0 Å². The average Bonchev–Trinajstić information content (AvgIpc) is 2.43. The summed E-state index contributed by atoms with van der Waals surface area (Å²) in [6.07, 6.45) is 0. The van der Waals surface area contributed by atoms with Crippen LogP contribution in [0.25, 0.3) is 10.8 Å². The molecule has 0 saturated carbocycles. The minimum absolute atomic E-state index is 0.663. The SMILES string of the molecule is C=C(C)COCC[N+](C)(C)Cc1ccc2ccccc2c1. The van der Waals surface area contributed by atoms with E-state index in [-0.39, 0.29) is 0 Å². The molecular formula is C19H26NO+. The van der Waals surface area contributed by atoms with Gasteiger partial charge in [0.05, 0.1) is 27.3 Å². The zero-order valence-electron chi connectivity index (χ0n) is 13.4. The number of fused-ring (bicyclic) bond motifs is 1. The molecule has 0 aliphatic rings. The Labute approximate surface area is 128 Å². The lowest BCUT2D eigenvalue weighted by Crippen LogP contribution is -2.41. The molecule has 0 aliphatic heterocycles. The van der Waals surface area contributed by atoms with E-state index in [4.69, 9.17) is 4.74 Å². The summed E-state index contributed by atoms with van der Waals surface area (Å²) in [5, 5.41) is 2.62. The summed E-state index contributed by atoms with van der Waals surface area (Å²) in [5.41, 5.74) is 2.45. The quantitative estimate of drug-likeness (QED) is 0.424. The fourth-order valence-corrected chi connectivity index (χ4v) is 2.47. The maximum absolute atomic E-state index is 5.62. The molecule has 2 aromatic carbocycles. The maximum atomic E-state index is 5.62. The van der Waals surface area contributed by atoms with Crippen molar-refractivity contribution in [3.05, 3.63) is 60.2 Å². The van der Waals surface area contributed by atoms with Gasteiger partial charge in [0.1, 0.15) is 13.1 Å². The predicted molar refractivity (Wildman–Crippen MR) is 90.3 cm³/mol. The van der Waals surface area contributed by atoms with Crippen LogP contribution < -0.4 is 0 Å². The van der Waals surface area contributed by atoms with Crippen LogP contribution >= 0.6 is 0 Å². The molecule has 0 aliphatic carbocycles. The molecule has 0 bridgehead atoms. The normalized spacial score (nSPS) is 11.8. The summed E-state index contributed by atoms with van der Waals surface area (Å²) in [6, 6.07) is 15.3. The molecular weight excluding hydrogens is 258 g/mol. The second-order valence-electron chi connectivity index (χ2n) is 6.51. The molecule has 0 unspecified atom stereocenters. The van der Waals surface area contributed by atoms with E-state index < -0.39 is 0 Å². The molecule has 0 amide bonds. The molecule has 0 heterocycles. The second-order valence-corrected chi connectivity index (χ2v) is 6.51. The molecule has 0 atom stereocenters. The number of quaternary nitrogens is 1. The highest BCUT2D eigenvalue weighted by Gasteiger charge is 2.15. The fourth-order valence-electron chi connectivity index (χ4n) is 2.47. The first-order valence-corrected chi connectivity index (χ1v) is 7.48. The number of rotatable bonds is 7. The van der Waals surface area contributed by atoms with Crippen molar-refractivity contribution in [3.8, 4) is 0 Å². The fraction of sp³-hybridized carbons (Fsp3) is 0.368. The van der Waals surface area contributed by atoms with Crippen molar-refractivity contribution in [2.75, 3.05) is 33.9 Å². The van der Waals surface area contributed by atoms with Crippen molar-refractivity contribution in [1.82, 2.24) is 0 Å². The predicted octanol–water partition coefficient (Wildman–Crippen LogP) is 4.01. The number of benzene rings is 2. The molecule has 112 valence electrons. The molecule has 2 aromatic rings. The summed E-state index contributed by atoms with van der Waals surface area (Å²) < 4.78 is 6.55. The van der Waals surface area contributed by atoms with Crippen LogP contribution in [-0.4, -0.2) is 38.3 Å². The van der Waals surface area contributed by atoms with Crippen LogP contribution in [0.1, 0.15) is 12.5 Å². The second kappa shape index (κ2) is 6.88. The minimum Gasteiger partial charge on any atom is -0.371 e. The number of likely N-dealkylation sites (N-methyl/N-ethyl adjacent to an activating group) is 1. The summed E-state index contributed by atoms with van der Waals surface area (Å²) in [4.78, 5) is 0. The zero-order valence-corrected chi connectivity index (χ0v) is 13.4. The van der Waals surface area contributed by atoms with Crippen LogP contribution in [0, 0.1) is 0 Å². The van der Waals surface area contributed by atoms with Crippen LogP contribution in [0.2, 0.25) is 0 Å². The molecule has 0 N–H and O–H groups in total. The van der Waals surface area contributed by atoms with Crippen molar-refractivity contribution in [3.63, 3.8) is 0 Å². The van der Waals surface area contributed by atoms with Gasteiger partial charge in [-0.3, -0.25) is 0 Å². The standard InChI is InChI=1S/C19H26NO/c1-16(2)15-21-12-11-20(3,4)14-17-9-10-18-7-5-6-8-19(18)13-17/h5-10,13H,1,11-12,14-15H2,2-4H3/q+1. The first kappa shape index (κ1) is 15.7. The molecule has 0 spiro atoms. The van der Waals surface area contributed by atoms with Crippen molar-refractivity contribution >= 4 is 10.8 Å². The van der Waals surface area contributed by atoms with Gasteiger partial charge in [-0.05, 0) is 23.8 Å². The van der Waals surface area contributed by atoms with Gasteiger partial charge in [-0.25, -0.2) is 0 Å². The topological polar surface area (TPSA) is 9.23 Å². The Kier molecular flexibility index (Phi) is 5.16. The van der Waals surface area contributed by atoms with Crippen LogP contribution in [0.15, 0.2) is 54.6 Å². The van der Waals surface area contributed by atoms with Crippen molar-refractivity contribution in [2.24, 2.45) is 0 Å². The lowest BCUT2D eigenvalue weighted by Gasteiger charge is -2.30. The van der Waals surface area contributed by atoms with Crippen molar-refractivity contribution in [1.29, 1.82) is 0 Å². The minimum atomic E-state index is 0.663. The summed E-state index contributed by atoms with van der Waals surface area (Å²) in [7, 11) is 4.50. The van der Waals surface area contributed by atoms with E-state index in [1.54, 1.807) is 0 Å². The van der Waals surface area contributed by atoms with E-state index in [2.05, 4.69) is 63.1 Å². The largest absolute Gasteiger partial charge is 0.371 e. The third-order valence-electron chi connectivity index (χ3n) is 3.61. The lowest BCUT2D eigenvalue weighted by atomic mass is 10.1. The van der Waals surface area contributed by atoms with Gasteiger partial charge in [0.2, 0.25) is 0 Å². The van der Waals surface area contributed by atoms with E-state index in [0.29, 0.717) is 6.61 Å². The molecule has 2 heteroatoms. The van der Waals surface area contributed by atoms with Gasteiger partial charge in [0.15, 0.2) is 0 Å². The molecule has 0 aromatic heterocycles. The Morgan fingerprint density at radius 3 is 2.52 bits per heavy atom. The van der Waals surface area contributed by atoms with Gasteiger partial charge >= 0.3 is 0 Å². The Morgan fingerprint density at radius 1 is 1.10 bits per heavy atom. The van der Waals surface area contributed by atoms with Crippen LogP contribution in [0.3, 0.4) is 0 Å². The molecule has 2 rings (SSSR count). The van der Waals surface area contributed by atoms with Crippen LogP contribution in [0.5, 0.6) is 0 Å². The molecule has 0 saturated heterocycles. The first-order chi connectivity index (χ1) is 9.96. The molecule has 2 nitrogen and oxygen atoms in total. The third-order valence-corrected chi connectivity index (χ3v) is 3.61. The monoisotopic (exact) mass is 284 g/mol. The highest BCUT2D eigenvalue weighted by molar-refractivity contribution is 5.82. The number of hydrogen-bond acceptors (Lipinski definition) is 1. The Morgan fingerprint density at radius 2 is 1.81 bits per heavy atom. The van der Waals surface area contributed by atoms with E-state index in [1.807, 2.05) is 6.92 Å². The lowest BCUT2D eigenvalue weighted by molar-refractivity contribution is -0.904. The van der Waals surface area contributed by atoms with Crippen LogP contribution in [-0.2, 0) is 11.3 Å². The highest BCUT2D eigenvalue weighted by Crippen LogP contribution is 2.18. The van der Waals surface area contributed by atoms with Crippen LogP contribution in [0.4, 0.5) is 0 Å². The van der Waals surface area contributed by atoms with E-state index in [9.17, 15) is 0 Å². The zero-order chi connectivity index (χ0) is 15.3. The van der Waals surface area contributed by atoms with E-state index in [1.165, 1.54) is 16.3 Å². The average molecular weight is 284 g/mol. The van der Waals surface area contributed by atoms with Gasteiger partial charge in [0, 0.05) is 5.56 Å². The maximum Gasteiger partial charge on any atom is 0.104 e. The molecule has 21 heavy (non-hydrogen) atoms. The van der Waals surface area contributed by atoms with Crippen molar-refractivity contribution < 1.29 is 9.22 Å². The van der Waals surface area contributed by atoms with Gasteiger partial charge in [-0.15, -0.1) is 0 Å². The number of nitrogens with zero attached hydrogens (tertiary/aromatic N) is 1. The van der Waals surface area contributed by atoms with Gasteiger partial charge in [0.25, 0.3) is 0 Å². The molecule has 0 fully saturated rings. The Bertz CT molecular complexity index is 616. The molecule has 0 radical (unpaired) electrons. The summed E-state index contributed by atoms with van der Waals surface area (Å²) >= 11 is 0. The third kappa shape index (κ3) is 5.00. The van der Waals surface area contributed by atoms with Crippen molar-refractivity contribution in [2.45, 2.75) is 13.5 Å². The Hall–Kier alpha value is -1.64. The first-order valence-electron chi connectivity index (χ1n) is 7.48. The van der Waals surface area contributed by atoms with Gasteiger partial charge in [-0.1, -0.05) is 48.6 Å². The Balaban J connectivity index is 1.95. The number of hydrogen-bond donors (Lipinski definition) is 0. The highest BCUT2D eigenvalue weighted by atomic mass is 16.5. The van der Waals surface area contributed by atoms with E-state index in [0.717, 1.165) is 29.8 Å².